The first-order valence-corrected chi connectivity index (χ1v) is 4.22. The molecule has 0 aliphatic heterocycles. The zero-order valence-corrected chi connectivity index (χ0v) is 7.14. The molecule has 0 radical (unpaired) electrons. The van der Waals surface area contributed by atoms with Crippen LogP contribution in [0.15, 0.2) is 5.16 Å². The van der Waals surface area contributed by atoms with Crippen LogP contribution in [-0.4, -0.2) is 28.5 Å². The number of nitrogen functional groups attached to an aromatic ring is 1. The molecule has 1 aromatic heterocycles. The molecule has 0 fully saturated rings. The van der Waals surface area contributed by atoms with Crippen LogP contribution >= 0.6 is 11.8 Å². The Morgan fingerprint density at radius 2 is 2.18 bits per heavy atom. The Balaban J connectivity index is 3.02. The highest BCUT2D eigenvalue weighted by molar-refractivity contribution is 7.98. The van der Waals surface area contributed by atoms with Gasteiger partial charge in [0.15, 0.2) is 11.6 Å². The van der Waals surface area contributed by atoms with Gasteiger partial charge >= 0.3 is 0 Å². The quantitative estimate of drug-likeness (QED) is 0.620. The predicted molar refractivity (Wildman–Crippen MR) is 45.6 cm³/mol. The van der Waals surface area contributed by atoms with Crippen LogP contribution in [0.25, 0.3) is 0 Å². The van der Waals surface area contributed by atoms with E-state index in [2.05, 4.69) is 20.5 Å². The van der Waals surface area contributed by atoms with Crippen molar-refractivity contribution in [3.8, 4) is 0 Å². The smallest absolute Gasteiger partial charge is 0.210 e. The number of nitrogens with two attached hydrogens (primary N) is 1. The third-order valence-corrected chi connectivity index (χ3v) is 1.65. The van der Waals surface area contributed by atoms with Gasteiger partial charge in [0.05, 0.1) is 0 Å². The average Bonchev–Trinajstić information content (AvgIpc) is 2.05. The molecule has 0 amide bonds. The second-order valence-electron chi connectivity index (χ2n) is 1.78. The summed E-state index contributed by atoms with van der Waals surface area (Å²) in [6, 6.07) is 0. The second-order valence-corrected chi connectivity index (χ2v) is 2.56. The summed E-state index contributed by atoms with van der Waals surface area (Å²) in [6.45, 7) is 0. The highest BCUT2D eigenvalue weighted by Gasteiger charge is 2.01. The van der Waals surface area contributed by atoms with Gasteiger partial charge in [-0.25, -0.2) is 0 Å². The van der Waals surface area contributed by atoms with E-state index in [1.165, 1.54) is 11.8 Å². The van der Waals surface area contributed by atoms with Crippen molar-refractivity contribution in [2.24, 2.45) is 0 Å². The zero-order valence-electron chi connectivity index (χ0n) is 6.33. The minimum atomic E-state index is 0.324. The molecule has 0 aliphatic rings. The summed E-state index contributed by atoms with van der Waals surface area (Å²) in [5.74, 6) is 0.898. The lowest BCUT2D eigenvalue weighted by Gasteiger charge is -2.01. The van der Waals surface area contributed by atoms with E-state index in [9.17, 15) is 0 Å². The molecule has 6 heteroatoms. The van der Waals surface area contributed by atoms with Gasteiger partial charge in [0.2, 0.25) is 5.16 Å². The minimum absolute atomic E-state index is 0.324. The Labute approximate surface area is 68.8 Å². The SMILES string of the molecule is CNc1nc(SC)nnc1N. The van der Waals surface area contributed by atoms with Gasteiger partial charge in [-0.15, -0.1) is 10.2 Å². The van der Waals surface area contributed by atoms with Crippen LogP contribution < -0.4 is 11.1 Å². The molecule has 11 heavy (non-hydrogen) atoms. The Morgan fingerprint density at radius 3 is 2.73 bits per heavy atom. The summed E-state index contributed by atoms with van der Waals surface area (Å²) in [7, 11) is 1.74. The van der Waals surface area contributed by atoms with Crippen molar-refractivity contribution in [3.63, 3.8) is 0 Å². The molecule has 0 spiro atoms. The Morgan fingerprint density at radius 1 is 1.45 bits per heavy atom. The number of rotatable bonds is 2. The molecule has 1 aromatic rings. The standard InChI is InChI=1S/C5H9N5S/c1-7-4-3(6)9-10-5(8-4)11-2/h1-2H3,(H2,6,9)(H,7,8,10). The molecule has 0 saturated heterocycles. The number of hydrogen-bond acceptors (Lipinski definition) is 6. The Hall–Kier alpha value is -1.04. The molecule has 0 bridgehead atoms. The van der Waals surface area contributed by atoms with Gasteiger partial charge in [-0.05, 0) is 6.26 Å². The third kappa shape index (κ3) is 1.70. The van der Waals surface area contributed by atoms with Crippen molar-refractivity contribution in [2.45, 2.75) is 5.16 Å². The van der Waals surface area contributed by atoms with Gasteiger partial charge in [0, 0.05) is 7.05 Å². The van der Waals surface area contributed by atoms with E-state index >= 15 is 0 Å². The van der Waals surface area contributed by atoms with E-state index in [1.54, 1.807) is 7.05 Å². The molecule has 0 atom stereocenters. The zero-order chi connectivity index (χ0) is 8.27. The summed E-state index contributed by atoms with van der Waals surface area (Å²) in [6.07, 6.45) is 1.88. The average molecular weight is 171 g/mol. The van der Waals surface area contributed by atoms with Crippen molar-refractivity contribution >= 4 is 23.4 Å². The first kappa shape index (κ1) is 8.06. The van der Waals surface area contributed by atoms with Crippen LogP contribution in [0.2, 0.25) is 0 Å². The number of hydrogen-bond donors (Lipinski definition) is 2. The minimum Gasteiger partial charge on any atom is -0.379 e. The maximum Gasteiger partial charge on any atom is 0.210 e. The molecule has 1 rings (SSSR count). The first-order chi connectivity index (χ1) is 5.27. The topological polar surface area (TPSA) is 76.7 Å². The van der Waals surface area contributed by atoms with Crippen molar-refractivity contribution in [1.29, 1.82) is 0 Å². The van der Waals surface area contributed by atoms with Crippen molar-refractivity contribution in [1.82, 2.24) is 15.2 Å². The van der Waals surface area contributed by atoms with Gasteiger partial charge in [-0.1, -0.05) is 11.8 Å². The molecule has 5 nitrogen and oxygen atoms in total. The first-order valence-electron chi connectivity index (χ1n) is 3.00. The molecule has 0 unspecified atom stereocenters. The van der Waals surface area contributed by atoms with Crippen LogP contribution in [0, 0.1) is 0 Å². The van der Waals surface area contributed by atoms with Gasteiger partial charge < -0.3 is 11.1 Å². The monoisotopic (exact) mass is 171 g/mol. The maximum atomic E-state index is 5.45. The highest BCUT2D eigenvalue weighted by Crippen LogP contribution is 2.14. The van der Waals surface area contributed by atoms with Crippen LogP contribution in [0.5, 0.6) is 0 Å². The number of thioether (sulfide) groups is 1. The van der Waals surface area contributed by atoms with Crippen molar-refractivity contribution < 1.29 is 0 Å². The largest absolute Gasteiger partial charge is 0.379 e. The van der Waals surface area contributed by atoms with Crippen molar-refractivity contribution in [2.75, 3.05) is 24.4 Å². The lowest BCUT2D eigenvalue weighted by molar-refractivity contribution is 0.853. The van der Waals surface area contributed by atoms with Crippen LogP contribution in [0.4, 0.5) is 11.6 Å². The van der Waals surface area contributed by atoms with E-state index in [4.69, 9.17) is 5.73 Å². The van der Waals surface area contributed by atoms with Gasteiger partial charge in [0.25, 0.3) is 0 Å². The normalized spacial score (nSPS) is 9.64. The molecule has 1 heterocycles. The molecule has 3 N–H and O–H groups in total. The number of aromatic nitrogens is 3. The molecule has 60 valence electrons. The molecule has 0 aromatic carbocycles. The molecular weight excluding hydrogens is 162 g/mol. The second kappa shape index (κ2) is 3.38. The summed E-state index contributed by atoms with van der Waals surface area (Å²) < 4.78 is 0. The van der Waals surface area contributed by atoms with E-state index in [1.807, 2.05) is 6.26 Å². The van der Waals surface area contributed by atoms with Crippen molar-refractivity contribution in [3.05, 3.63) is 0 Å². The fourth-order valence-corrected chi connectivity index (χ4v) is 0.895. The molecular formula is C5H9N5S. The van der Waals surface area contributed by atoms with Crippen LogP contribution in [0.3, 0.4) is 0 Å². The Bertz CT molecular complexity index is 251. The number of nitrogens with zero attached hydrogens (tertiary/aromatic N) is 3. The maximum absolute atomic E-state index is 5.45. The summed E-state index contributed by atoms with van der Waals surface area (Å²) in [4.78, 5) is 4.06. The van der Waals surface area contributed by atoms with Crippen LogP contribution in [-0.2, 0) is 0 Å². The summed E-state index contributed by atoms with van der Waals surface area (Å²) >= 11 is 1.43. The number of nitrogens with one attached hydrogen (secondary N) is 1. The van der Waals surface area contributed by atoms with Gasteiger partial charge in [0.1, 0.15) is 0 Å². The van der Waals surface area contributed by atoms with E-state index in [0.717, 1.165) is 0 Å². The highest BCUT2D eigenvalue weighted by atomic mass is 32.2. The summed E-state index contributed by atoms with van der Waals surface area (Å²) in [5.41, 5.74) is 5.45. The fourth-order valence-electron chi connectivity index (χ4n) is 0.590. The van der Waals surface area contributed by atoms with Gasteiger partial charge in [-0.3, -0.25) is 0 Å². The fraction of sp³-hybridized carbons (Fsp3) is 0.400. The lowest BCUT2D eigenvalue weighted by atomic mass is 10.6. The van der Waals surface area contributed by atoms with E-state index in [0.29, 0.717) is 16.8 Å². The Kier molecular flexibility index (Phi) is 2.48. The predicted octanol–water partition coefficient (Wildman–Crippen LogP) is 0.217. The van der Waals surface area contributed by atoms with Crippen LogP contribution in [0.1, 0.15) is 0 Å². The molecule has 0 saturated carbocycles. The molecule has 0 aliphatic carbocycles. The third-order valence-electron chi connectivity index (χ3n) is 1.11. The number of anilines is 2. The van der Waals surface area contributed by atoms with Gasteiger partial charge in [-0.2, -0.15) is 4.98 Å². The van der Waals surface area contributed by atoms with E-state index in [-0.39, 0.29) is 0 Å². The lowest BCUT2D eigenvalue weighted by Crippen LogP contribution is -2.04. The summed E-state index contributed by atoms with van der Waals surface area (Å²) in [5, 5.41) is 10.9. The van der Waals surface area contributed by atoms with E-state index < -0.39 is 0 Å².